The van der Waals surface area contributed by atoms with Crippen molar-refractivity contribution >= 4 is 29.4 Å². The van der Waals surface area contributed by atoms with Gasteiger partial charge in [-0.25, -0.2) is 4.79 Å². The zero-order valence-electron chi connectivity index (χ0n) is 8.77. The maximum Gasteiger partial charge on any atom is 0.323 e. The second kappa shape index (κ2) is 5.03. The molecule has 1 aromatic heterocycles. The summed E-state index contributed by atoms with van der Waals surface area (Å²) in [6.07, 6.45) is 0.235. The minimum Gasteiger partial charge on any atom is -0.480 e. The molecule has 0 saturated heterocycles. The first-order valence-electron chi connectivity index (χ1n) is 4.75. The molecule has 0 saturated carbocycles. The Morgan fingerprint density at radius 2 is 2.00 bits per heavy atom. The molecule has 92 valence electrons. The number of aromatic nitrogens is 2. The van der Waals surface area contributed by atoms with Gasteiger partial charge in [-0.15, -0.1) is 12.4 Å². The monoisotopic (exact) mass is 257 g/mol. The van der Waals surface area contributed by atoms with Gasteiger partial charge in [-0.3, -0.25) is 4.79 Å². The number of aromatic amines is 2. The van der Waals surface area contributed by atoms with Crippen LogP contribution in [-0.4, -0.2) is 27.1 Å². The van der Waals surface area contributed by atoms with Crippen molar-refractivity contribution in [1.82, 2.24) is 9.97 Å². The number of benzene rings is 1. The Morgan fingerprint density at radius 3 is 2.65 bits per heavy atom. The number of carboxylic acids is 1. The van der Waals surface area contributed by atoms with Gasteiger partial charge in [0.25, 0.3) is 0 Å². The number of hydrogen-bond donors (Lipinski definition) is 4. The van der Waals surface area contributed by atoms with E-state index in [1.165, 1.54) is 0 Å². The van der Waals surface area contributed by atoms with Crippen LogP contribution in [0.5, 0.6) is 0 Å². The number of nitrogens with two attached hydrogens (primary N) is 1. The van der Waals surface area contributed by atoms with Gasteiger partial charge in [-0.2, -0.15) is 0 Å². The van der Waals surface area contributed by atoms with E-state index in [4.69, 9.17) is 10.8 Å². The lowest BCUT2D eigenvalue weighted by atomic mass is 10.1. The Morgan fingerprint density at radius 1 is 1.35 bits per heavy atom. The van der Waals surface area contributed by atoms with E-state index >= 15 is 0 Å². The van der Waals surface area contributed by atoms with E-state index in [2.05, 4.69) is 9.97 Å². The summed E-state index contributed by atoms with van der Waals surface area (Å²) in [6, 6.07) is 4.25. The van der Waals surface area contributed by atoms with Gasteiger partial charge in [-0.1, -0.05) is 6.07 Å². The highest BCUT2D eigenvalue weighted by Crippen LogP contribution is 2.11. The Kier molecular flexibility index (Phi) is 3.93. The summed E-state index contributed by atoms with van der Waals surface area (Å²) in [5, 5.41) is 8.67. The third kappa shape index (κ3) is 2.86. The summed E-state index contributed by atoms with van der Waals surface area (Å²) >= 11 is 0. The predicted molar refractivity (Wildman–Crippen MR) is 65.5 cm³/mol. The molecule has 0 unspecified atom stereocenters. The van der Waals surface area contributed by atoms with E-state index in [0.29, 0.717) is 11.0 Å². The number of carbonyl (C=O) groups is 1. The van der Waals surface area contributed by atoms with Crippen LogP contribution in [-0.2, 0) is 11.2 Å². The fourth-order valence-electron chi connectivity index (χ4n) is 1.55. The van der Waals surface area contributed by atoms with Crippen molar-refractivity contribution in [3.63, 3.8) is 0 Å². The number of hydrogen-bond acceptors (Lipinski definition) is 3. The summed E-state index contributed by atoms with van der Waals surface area (Å²) in [4.78, 5) is 26.8. The van der Waals surface area contributed by atoms with E-state index in [1.807, 2.05) is 0 Å². The molecule has 2 rings (SSSR count). The average Bonchev–Trinajstić information content (AvgIpc) is 2.57. The van der Waals surface area contributed by atoms with Gasteiger partial charge in [0, 0.05) is 0 Å². The molecule has 1 heterocycles. The van der Waals surface area contributed by atoms with Crippen molar-refractivity contribution in [1.29, 1.82) is 0 Å². The van der Waals surface area contributed by atoms with Crippen molar-refractivity contribution in [2.75, 3.05) is 0 Å². The summed E-state index contributed by atoms with van der Waals surface area (Å²) in [5.74, 6) is -1.04. The number of imidazole rings is 1. The fraction of sp³-hybridized carbons (Fsp3) is 0.200. The first-order valence-corrected chi connectivity index (χ1v) is 4.75. The van der Waals surface area contributed by atoms with Crippen LogP contribution in [0.15, 0.2) is 23.0 Å². The molecule has 0 fully saturated rings. The third-order valence-electron chi connectivity index (χ3n) is 2.35. The van der Waals surface area contributed by atoms with Gasteiger partial charge in [-0.05, 0) is 24.1 Å². The molecule has 0 radical (unpaired) electrons. The molecular formula is C10H12ClN3O3. The number of nitrogens with one attached hydrogen (secondary N) is 2. The normalized spacial score (nSPS) is 12.1. The summed E-state index contributed by atoms with van der Waals surface area (Å²) in [5.41, 5.74) is 7.26. The minimum absolute atomic E-state index is 0. The Hall–Kier alpha value is -1.79. The van der Waals surface area contributed by atoms with Gasteiger partial charge in [0.2, 0.25) is 0 Å². The van der Waals surface area contributed by atoms with Crippen molar-refractivity contribution in [3.05, 3.63) is 34.2 Å². The third-order valence-corrected chi connectivity index (χ3v) is 2.35. The van der Waals surface area contributed by atoms with Gasteiger partial charge >= 0.3 is 11.7 Å². The number of halogens is 1. The van der Waals surface area contributed by atoms with E-state index in [1.54, 1.807) is 18.2 Å². The van der Waals surface area contributed by atoms with Gasteiger partial charge in [0.05, 0.1) is 11.0 Å². The molecule has 0 amide bonds. The topological polar surface area (TPSA) is 112 Å². The van der Waals surface area contributed by atoms with Crippen molar-refractivity contribution in [2.45, 2.75) is 12.5 Å². The molecule has 0 aliphatic rings. The van der Waals surface area contributed by atoms with Gasteiger partial charge in [0.15, 0.2) is 0 Å². The number of carboxylic acid groups (broad SMARTS) is 1. The summed E-state index contributed by atoms with van der Waals surface area (Å²) in [6.45, 7) is 0. The lowest BCUT2D eigenvalue weighted by Crippen LogP contribution is -2.32. The number of aliphatic carboxylic acids is 1. The van der Waals surface area contributed by atoms with Crippen LogP contribution < -0.4 is 11.4 Å². The smallest absolute Gasteiger partial charge is 0.323 e. The highest BCUT2D eigenvalue weighted by Gasteiger charge is 2.12. The molecule has 6 nitrogen and oxygen atoms in total. The van der Waals surface area contributed by atoms with Crippen LogP contribution in [0.4, 0.5) is 0 Å². The van der Waals surface area contributed by atoms with Crippen LogP contribution in [0, 0.1) is 0 Å². The Balaban J connectivity index is 0.00000144. The molecular weight excluding hydrogens is 246 g/mol. The van der Waals surface area contributed by atoms with Crippen LogP contribution in [0.25, 0.3) is 11.0 Å². The Bertz CT molecular complexity index is 590. The summed E-state index contributed by atoms with van der Waals surface area (Å²) in [7, 11) is 0. The second-order valence-electron chi connectivity index (χ2n) is 3.61. The molecule has 1 aromatic carbocycles. The van der Waals surface area contributed by atoms with Crippen LogP contribution >= 0.6 is 12.4 Å². The highest BCUT2D eigenvalue weighted by molar-refractivity contribution is 5.85. The summed E-state index contributed by atoms with van der Waals surface area (Å²) < 4.78 is 0. The standard InChI is InChI=1S/C10H11N3O3.ClH/c11-6(9(14)15)3-5-1-2-7-8(4-5)13-10(16)12-7;/h1-2,4,6H,3,11H2,(H,14,15)(H2,12,13,16);1H/t6-;/m0./s1. The van der Waals surface area contributed by atoms with Crippen LogP contribution in [0.3, 0.4) is 0 Å². The largest absolute Gasteiger partial charge is 0.480 e. The van der Waals surface area contributed by atoms with Gasteiger partial charge in [0.1, 0.15) is 6.04 Å². The maximum atomic E-state index is 11.0. The maximum absolute atomic E-state index is 11.0. The second-order valence-corrected chi connectivity index (χ2v) is 3.61. The first kappa shape index (κ1) is 13.3. The molecule has 0 spiro atoms. The zero-order valence-corrected chi connectivity index (χ0v) is 9.58. The molecule has 0 bridgehead atoms. The molecule has 17 heavy (non-hydrogen) atoms. The molecule has 2 aromatic rings. The molecule has 1 atom stereocenters. The van der Waals surface area contributed by atoms with Gasteiger partial charge < -0.3 is 20.8 Å². The molecule has 5 N–H and O–H groups in total. The van der Waals surface area contributed by atoms with Crippen LogP contribution in [0.1, 0.15) is 5.56 Å². The lowest BCUT2D eigenvalue weighted by molar-refractivity contribution is -0.138. The predicted octanol–water partition coefficient (Wildman–Crippen LogP) is 0.232. The van der Waals surface area contributed by atoms with E-state index in [0.717, 1.165) is 5.56 Å². The Labute approximate surface area is 102 Å². The number of rotatable bonds is 3. The fourth-order valence-corrected chi connectivity index (χ4v) is 1.55. The van der Waals surface area contributed by atoms with E-state index in [-0.39, 0.29) is 24.5 Å². The van der Waals surface area contributed by atoms with E-state index in [9.17, 15) is 9.59 Å². The first-order chi connectivity index (χ1) is 7.56. The van der Waals surface area contributed by atoms with Crippen LogP contribution in [0.2, 0.25) is 0 Å². The minimum atomic E-state index is -1.04. The number of fused-ring (bicyclic) bond motifs is 1. The van der Waals surface area contributed by atoms with E-state index < -0.39 is 12.0 Å². The SMILES string of the molecule is Cl.N[C@@H](Cc1ccc2[nH]c(=O)[nH]c2c1)C(=O)O. The van der Waals surface area contributed by atoms with Crippen molar-refractivity contribution in [3.8, 4) is 0 Å². The molecule has 0 aliphatic carbocycles. The lowest BCUT2D eigenvalue weighted by Gasteiger charge is -2.05. The average molecular weight is 258 g/mol. The number of H-pyrrole nitrogens is 2. The molecule has 7 heteroatoms. The highest BCUT2D eigenvalue weighted by atomic mass is 35.5. The molecule has 0 aliphatic heterocycles. The van der Waals surface area contributed by atoms with Crippen molar-refractivity contribution in [2.24, 2.45) is 5.73 Å². The zero-order chi connectivity index (χ0) is 11.7. The van der Waals surface area contributed by atoms with Crippen molar-refractivity contribution < 1.29 is 9.90 Å². The quantitative estimate of drug-likeness (QED) is 0.631.